The van der Waals surface area contributed by atoms with Crippen molar-refractivity contribution in [1.82, 2.24) is 10.3 Å². The number of benzene rings is 2. The second kappa shape index (κ2) is 5.27. The summed E-state index contributed by atoms with van der Waals surface area (Å²) in [6.07, 6.45) is 0.862. The van der Waals surface area contributed by atoms with Crippen LogP contribution in [-0.4, -0.2) is 11.5 Å². The minimum absolute atomic E-state index is 0.0380. The van der Waals surface area contributed by atoms with Crippen LogP contribution in [-0.2, 0) is 6.42 Å². The van der Waals surface area contributed by atoms with Crippen molar-refractivity contribution in [2.45, 2.75) is 12.5 Å². The van der Waals surface area contributed by atoms with Gasteiger partial charge in [0.25, 0.3) is 0 Å². The number of nitrogens with one attached hydrogen (secondary N) is 2. The first-order valence-corrected chi connectivity index (χ1v) is 7.87. The summed E-state index contributed by atoms with van der Waals surface area (Å²) in [5, 5.41) is 5.67. The molecule has 2 aromatic carbocycles. The van der Waals surface area contributed by atoms with Gasteiger partial charge >= 0.3 is 0 Å². The minimum Gasteiger partial charge on any atom is -0.357 e. The molecule has 0 bridgehead atoms. The van der Waals surface area contributed by atoms with Crippen LogP contribution in [0.5, 0.6) is 0 Å². The molecular weight excluding hydrogens is 322 g/mol. The molecule has 22 heavy (non-hydrogen) atoms. The number of H-pyrrole nitrogens is 1. The molecule has 0 spiro atoms. The Morgan fingerprint density at radius 2 is 1.95 bits per heavy atom. The van der Waals surface area contributed by atoms with Gasteiger partial charge in [0, 0.05) is 33.2 Å². The highest BCUT2D eigenvalue weighted by Gasteiger charge is 2.26. The Kier molecular flexibility index (Phi) is 3.37. The van der Waals surface area contributed by atoms with Crippen molar-refractivity contribution in [2.75, 3.05) is 6.54 Å². The van der Waals surface area contributed by atoms with Crippen molar-refractivity contribution in [1.29, 1.82) is 0 Å². The molecule has 2 heterocycles. The van der Waals surface area contributed by atoms with Gasteiger partial charge in [0.15, 0.2) is 0 Å². The molecule has 0 amide bonds. The van der Waals surface area contributed by atoms with E-state index in [9.17, 15) is 4.39 Å². The Balaban J connectivity index is 1.90. The zero-order valence-electron chi connectivity index (χ0n) is 11.6. The largest absolute Gasteiger partial charge is 0.357 e. The van der Waals surface area contributed by atoms with Crippen LogP contribution in [0.1, 0.15) is 22.9 Å². The second-order valence-corrected chi connectivity index (χ2v) is 6.35. The smallest absolute Gasteiger partial charge is 0.123 e. The summed E-state index contributed by atoms with van der Waals surface area (Å²) in [4.78, 5) is 3.41. The number of hydrogen-bond acceptors (Lipinski definition) is 1. The van der Waals surface area contributed by atoms with Gasteiger partial charge in [-0.25, -0.2) is 4.39 Å². The third-order valence-corrected chi connectivity index (χ3v) is 4.75. The van der Waals surface area contributed by atoms with E-state index in [2.05, 4.69) is 10.3 Å². The molecule has 1 aliphatic heterocycles. The van der Waals surface area contributed by atoms with Crippen LogP contribution in [0.15, 0.2) is 36.4 Å². The standard InChI is InChI=1S/C17H13Cl2FN2/c18-9-1-3-12(14(19)7-9)16-17-11(5-6-21-16)13-8-10(20)2-4-15(13)22-17/h1-4,7-8,16,21-22H,5-6H2. The van der Waals surface area contributed by atoms with Crippen molar-refractivity contribution >= 4 is 34.1 Å². The summed E-state index contributed by atoms with van der Waals surface area (Å²) < 4.78 is 13.5. The van der Waals surface area contributed by atoms with E-state index >= 15 is 0 Å². The third-order valence-electron chi connectivity index (χ3n) is 4.19. The van der Waals surface area contributed by atoms with Gasteiger partial charge in [0.1, 0.15) is 5.82 Å². The Morgan fingerprint density at radius 1 is 1.09 bits per heavy atom. The Hall–Kier alpha value is -1.55. The highest BCUT2D eigenvalue weighted by Crippen LogP contribution is 2.36. The summed E-state index contributed by atoms with van der Waals surface area (Å²) in [5.41, 5.74) is 4.13. The summed E-state index contributed by atoms with van der Waals surface area (Å²) in [7, 11) is 0. The molecule has 0 saturated heterocycles. The average Bonchev–Trinajstić information content (AvgIpc) is 2.85. The first-order valence-electron chi connectivity index (χ1n) is 7.12. The molecule has 5 heteroatoms. The van der Waals surface area contributed by atoms with Crippen LogP contribution in [0.25, 0.3) is 10.9 Å². The normalized spacial score (nSPS) is 17.7. The minimum atomic E-state index is -0.214. The fraction of sp³-hybridized carbons (Fsp3) is 0.176. The molecule has 1 unspecified atom stereocenters. The van der Waals surface area contributed by atoms with Crippen LogP contribution >= 0.6 is 23.2 Å². The Morgan fingerprint density at radius 3 is 2.77 bits per heavy atom. The molecule has 112 valence electrons. The van der Waals surface area contributed by atoms with Crippen molar-refractivity contribution in [3.05, 3.63) is 69.1 Å². The molecule has 2 N–H and O–H groups in total. The van der Waals surface area contributed by atoms with Gasteiger partial charge in [0.2, 0.25) is 0 Å². The molecule has 0 aliphatic carbocycles. The fourth-order valence-electron chi connectivity index (χ4n) is 3.20. The van der Waals surface area contributed by atoms with E-state index in [1.54, 1.807) is 18.2 Å². The van der Waals surface area contributed by atoms with Gasteiger partial charge < -0.3 is 10.3 Å². The number of rotatable bonds is 1. The van der Waals surface area contributed by atoms with E-state index in [1.165, 1.54) is 6.07 Å². The van der Waals surface area contributed by atoms with E-state index < -0.39 is 0 Å². The summed E-state index contributed by atoms with van der Waals surface area (Å²) in [6, 6.07) is 10.3. The predicted octanol–water partition coefficient (Wildman–Crippen LogP) is 4.85. The molecule has 0 fully saturated rings. The van der Waals surface area contributed by atoms with E-state index in [0.717, 1.165) is 40.7 Å². The van der Waals surface area contributed by atoms with Crippen LogP contribution < -0.4 is 5.32 Å². The first-order chi connectivity index (χ1) is 10.6. The number of halogens is 3. The van der Waals surface area contributed by atoms with Gasteiger partial charge in [-0.05, 0) is 47.9 Å². The highest BCUT2D eigenvalue weighted by atomic mass is 35.5. The number of aromatic nitrogens is 1. The van der Waals surface area contributed by atoms with Gasteiger partial charge in [0.05, 0.1) is 6.04 Å². The maximum Gasteiger partial charge on any atom is 0.123 e. The fourth-order valence-corrected chi connectivity index (χ4v) is 3.72. The van der Waals surface area contributed by atoms with Crippen molar-refractivity contribution in [2.24, 2.45) is 0 Å². The topological polar surface area (TPSA) is 27.8 Å². The molecule has 0 radical (unpaired) electrons. The van der Waals surface area contributed by atoms with Crippen LogP contribution in [0.2, 0.25) is 10.0 Å². The lowest BCUT2D eigenvalue weighted by molar-refractivity contribution is 0.560. The van der Waals surface area contributed by atoms with Crippen LogP contribution in [0, 0.1) is 5.82 Å². The van der Waals surface area contributed by atoms with E-state index in [-0.39, 0.29) is 11.9 Å². The van der Waals surface area contributed by atoms with Crippen molar-refractivity contribution in [3.63, 3.8) is 0 Å². The maximum atomic E-state index is 13.5. The summed E-state index contributed by atoms with van der Waals surface area (Å²) in [6.45, 7) is 0.820. The zero-order chi connectivity index (χ0) is 15.3. The Labute approximate surface area is 137 Å². The van der Waals surface area contributed by atoms with E-state index in [1.807, 2.05) is 12.1 Å². The lowest BCUT2D eigenvalue weighted by atomic mass is 9.94. The molecule has 1 atom stereocenters. The van der Waals surface area contributed by atoms with Gasteiger partial charge in [-0.2, -0.15) is 0 Å². The van der Waals surface area contributed by atoms with Gasteiger partial charge in [-0.3, -0.25) is 0 Å². The number of fused-ring (bicyclic) bond motifs is 3. The SMILES string of the molecule is Fc1ccc2[nH]c3c(c2c1)CCNC3c1ccc(Cl)cc1Cl. The monoisotopic (exact) mass is 334 g/mol. The van der Waals surface area contributed by atoms with Gasteiger partial charge in [-0.1, -0.05) is 29.3 Å². The van der Waals surface area contributed by atoms with Crippen LogP contribution in [0.3, 0.4) is 0 Å². The first kappa shape index (κ1) is 14.1. The van der Waals surface area contributed by atoms with Crippen molar-refractivity contribution < 1.29 is 4.39 Å². The molecule has 1 aromatic heterocycles. The molecule has 1 aliphatic rings. The number of aromatic amines is 1. The molecule has 4 rings (SSSR count). The van der Waals surface area contributed by atoms with Crippen LogP contribution in [0.4, 0.5) is 4.39 Å². The number of hydrogen-bond donors (Lipinski definition) is 2. The molecule has 0 saturated carbocycles. The molecule has 2 nitrogen and oxygen atoms in total. The molecular formula is C17H13Cl2FN2. The summed E-state index contributed by atoms with van der Waals surface area (Å²) >= 11 is 12.3. The van der Waals surface area contributed by atoms with Crippen molar-refractivity contribution in [3.8, 4) is 0 Å². The third kappa shape index (κ3) is 2.21. The van der Waals surface area contributed by atoms with E-state index in [4.69, 9.17) is 23.2 Å². The summed E-state index contributed by atoms with van der Waals surface area (Å²) in [5.74, 6) is -0.214. The quantitative estimate of drug-likeness (QED) is 0.654. The maximum absolute atomic E-state index is 13.5. The lowest BCUT2D eigenvalue weighted by Crippen LogP contribution is -2.30. The zero-order valence-corrected chi connectivity index (χ0v) is 13.1. The van der Waals surface area contributed by atoms with E-state index in [0.29, 0.717) is 10.0 Å². The second-order valence-electron chi connectivity index (χ2n) is 5.51. The van der Waals surface area contributed by atoms with Gasteiger partial charge in [-0.15, -0.1) is 0 Å². The highest BCUT2D eigenvalue weighted by molar-refractivity contribution is 6.35. The Bertz CT molecular complexity index is 872. The molecule has 3 aromatic rings. The lowest BCUT2D eigenvalue weighted by Gasteiger charge is -2.25. The predicted molar refractivity (Wildman–Crippen MR) is 88.3 cm³/mol. The average molecular weight is 335 g/mol.